The minimum Gasteiger partial charge on any atom is -0.497 e. The molecule has 0 bridgehead atoms. The van der Waals surface area contributed by atoms with Gasteiger partial charge in [-0.3, -0.25) is 9.78 Å². The van der Waals surface area contributed by atoms with Gasteiger partial charge in [-0.15, -0.1) is 0 Å². The van der Waals surface area contributed by atoms with Gasteiger partial charge in [-0.1, -0.05) is 6.07 Å². The molecule has 8 nitrogen and oxygen atoms in total. The first-order valence-corrected chi connectivity index (χ1v) is 11.9. The number of carbonyl (C=O) groups excluding carboxylic acids is 1. The Morgan fingerprint density at radius 2 is 1.97 bits per heavy atom. The Morgan fingerprint density at radius 3 is 2.77 bits per heavy atom. The van der Waals surface area contributed by atoms with Gasteiger partial charge in [0.2, 0.25) is 0 Å². The number of fused-ring (bicyclic) bond motifs is 3. The van der Waals surface area contributed by atoms with Crippen LogP contribution in [0.5, 0.6) is 5.75 Å². The molecule has 0 spiro atoms. The molecule has 2 aliphatic carbocycles. The number of pyridine rings is 1. The molecule has 3 heterocycles. The molecule has 0 atom stereocenters. The molecule has 8 heteroatoms. The first-order valence-electron chi connectivity index (χ1n) is 11.9. The fourth-order valence-corrected chi connectivity index (χ4v) is 4.73. The van der Waals surface area contributed by atoms with E-state index in [2.05, 4.69) is 32.5 Å². The number of benzene rings is 1. The zero-order valence-corrected chi connectivity index (χ0v) is 19.8. The maximum absolute atomic E-state index is 13.1. The van der Waals surface area contributed by atoms with Crippen LogP contribution in [-0.2, 0) is 19.4 Å². The van der Waals surface area contributed by atoms with Crippen molar-refractivity contribution in [2.75, 3.05) is 7.11 Å². The monoisotopic (exact) mass is 466 g/mol. The molecule has 0 aliphatic heterocycles. The second-order valence-corrected chi connectivity index (χ2v) is 9.15. The molecule has 35 heavy (non-hydrogen) atoms. The van der Waals surface area contributed by atoms with Crippen LogP contribution in [-0.4, -0.2) is 37.7 Å². The van der Waals surface area contributed by atoms with Crippen LogP contribution < -0.4 is 10.1 Å². The number of ether oxygens (including phenoxy) is 1. The summed E-state index contributed by atoms with van der Waals surface area (Å²) in [5.74, 6) is 1.47. The van der Waals surface area contributed by atoms with E-state index in [-0.39, 0.29) is 11.8 Å². The van der Waals surface area contributed by atoms with Crippen molar-refractivity contribution in [1.82, 2.24) is 30.0 Å². The Morgan fingerprint density at radius 1 is 1.11 bits per heavy atom. The van der Waals surface area contributed by atoms with Gasteiger partial charge in [0.1, 0.15) is 5.75 Å². The van der Waals surface area contributed by atoms with Crippen molar-refractivity contribution in [3.8, 4) is 23.0 Å². The van der Waals surface area contributed by atoms with E-state index in [4.69, 9.17) is 9.72 Å². The molecule has 1 fully saturated rings. The third-order valence-electron chi connectivity index (χ3n) is 6.66. The van der Waals surface area contributed by atoms with Crippen molar-refractivity contribution in [3.05, 3.63) is 82.6 Å². The highest BCUT2D eigenvalue weighted by atomic mass is 16.5. The number of amides is 1. The third-order valence-corrected chi connectivity index (χ3v) is 6.66. The molecular formula is C27H26N6O2. The lowest BCUT2D eigenvalue weighted by Crippen LogP contribution is -2.24. The summed E-state index contributed by atoms with van der Waals surface area (Å²) in [5.41, 5.74) is 7.56. The van der Waals surface area contributed by atoms with Gasteiger partial charge < -0.3 is 10.1 Å². The summed E-state index contributed by atoms with van der Waals surface area (Å²) in [6.45, 7) is 2.30. The topological polar surface area (TPSA) is 94.8 Å². The van der Waals surface area contributed by atoms with Crippen molar-refractivity contribution in [1.29, 1.82) is 0 Å². The van der Waals surface area contributed by atoms with Crippen LogP contribution in [0.15, 0.2) is 48.8 Å². The Bertz CT molecular complexity index is 1440. The van der Waals surface area contributed by atoms with Gasteiger partial charge in [-0.2, -0.15) is 5.10 Å². The second-order valence-electron chi connectivity index (χ2n) is 9.15. The number of hydrogen-bond donors (Lipinski definition) is 1. The zero-order valence-electron chi connectivity index (χ0n) is 19.8. The first-order chi connectivity index (χ1) is 17.1. The van der Waals surface area contributed by atoms with E-state index in [0.717, 1.165) is 65.3 Å². The van der Waals surface area contributed by atoms with Crippen molar-refractivity contribution < 1.29 is 9.53 Å². The third kappa shape index (κ3) is 4.05. The molecule has 1 aromatic carbocycles. The molecule has 0 radical (unpaired) electrons. The maximum Gasteiger partial charge on any atom is 0.255 e. The Balaban J connectivity index is 1.32. The van der Waals surface area contributed by atoms with Crippen LogP contribution in [0, 0.1) is 6.92 Å². The number of hydrogen-bond acceptors (Lipinski definition) is 6. The normalized spacial score (nSPS) is 14.2. The standard InChI is InChI=1S/C27H26N6O2/c1-16-4-3-5-20(31-16)14-28-26(34)23-15-30-33(25(23)17-6-7-17)27-29-13-19-9-8-18-12-21(35-2)10-11-22(18)24(19)32-27/h3-5,10-13,15,17H,6-9,14H2,1-2H3,(H,28,34). The fourth-order valence-electron chi connectivity index (χ4n) is 4.73. The maximum atomic E-state index is 13.1. The molecule has 0 unspecified atom stereocenters. The Labute approximate surface area is 203 Å². The van der Waals surface area contributed by atoms with Gasteiger partial charge in [0, 0.05) is 23.4 Å². The SMILES string of the molecule is COc1ccc2c(c1)CCc1cnc(-n3ncc(C(=O)NCc4cccc(C)n4)c3C3CC3)nc1-2. The van der Waals surface area contributed by atoms with Gasteiger partial charge in [0.15, 0.2) is 0 Å². The van der Waals surface area contributed by atoms with Crippen LogP contribution in [0.2, 0.25) is 0 Å². The van der Waals surface area contributed by atoms with Gasteiger partial charge in [-0.25, -0.2) is 14.6 Å². The second kappa shape index (κ2) is 8.61. The number of carbonyl (C=O) groups is 1. The van der Waals surface area contributed by atoms with Crippen LogP contribution >= 0.6 is 0 Å². The van der Waals surface area contributed by atoms with Crippen molar-refractivity contribution in [2.24, 2.45) is 0 Å². The minimum atomic E-state index is -0.156. The zero-order chi connectivity index (χ0) is 23.9. The molecule has 0 saturated heterocycles. The predicted molar refractivity (Wildman–Crippen MR) is 131 cm³/mol. The number of rotatable bonds is 6. The van der Waals surface area contributed by atoms with Crippen LogP contribution in [0.1, 0.15) is 57.3 Å². The summed E-state index contributed by atoms with van der Waals surface area (Å²) in [4.78, 5) is 27.2. The average Bonchev–Trinajstić information content (AvgIpc) is 3.63. The van der Waals surface area contributed by atoms with Crippen LogP contribution in [0.25, 0.3) is 17.2 Å². The summed E-state index contributed by atoms with van der Waals surface area (Å²) in [5, 5.41) is 7.56. The number of aryl methyl sites for hydroxylation is 3. The molecule has 176 valence electrons. The Hall–Kier alpha value is -4.07. The number of nitrogens with zero attached hydrogens (tertiary/aromatic N) is 5. The van der Waals surface area contributed by atoms with Gasteiger partial charge in [0.05, 0.1) is 42.5 Å². The molecular weight excluding hydrogens is 440 g/mol. The van der Waals surface area contributed by atoms with Crippen molar-refractivity contribution in [3.63, 3.8) is 0 Å². The molecule has 6 rings (SSSR count). The quantitative estimate of drug-likeness (QED) is 0.462. The summed E-state index contributed by atoms with van der Waals surface area (Å²) in [6.07, 6.45) is 7.39. The van der Waals surface area contributed by atoms with Gasteiger partial charge in [0.25, 0.3) is 11.9 Å². The highest BCUT2D eigenvalue weighted by Crippen LogP contribution is 2.42. The number of nitrogens with one attached hydrogen (secondary N) is 1. The number of aromatic nitrogens is 5. The van der Waals surface area contributed by atoms with E-state index in [0.29, 0.717) is 18.1 Å². The summed E-state index contributed by atoms with van der Waals surface area (Å²) in [7, 11) is 1.68. The van der Waals surface area contributed by atoms with E-state index < -0.39 is 0 Å². The molecule has 2 aliphatic rings. The largest absolute Gasteiger partial charge is 0.497 e. The fraction of sp³-hybridized carbons (Fsp3) is 0.296. The van der Waals surface area contributed by atoms with E-state index in [1.54, 1.807) is 18.0 Å². The summed E-state index contributed by atoms with van der Waals surface area (Å²) < 4.78 is 7.15. The highest BCUT2D eigenvalue weighted by Gasteiger charge is 2.34. The lowest BCUT2D eigenvalue weighted by molar-refractivity contribution is 0.0949. The lowest BCUT2D eigenvalue weighted by Gasteiger charge is -2.20. The molecule has 4 aromatic rings. The predicted octanol–water partition coefficient (Wildman–Crippen LogP) is 3.95. The number of methoxy groups -OCH3 is 1. The minimum absolute atomic E-state index is 0.156. The average molecular weight is 467 g/mol. The Kier molecular flexibility index (Phi) is 5.28. The molecule has 1 saturated carbocycles. The molecule has 1 amide bonds. The van der Waals surface area contributed by atoms with Crippen molar-refractivity contribution in [2.45, 2.75) is 45.1 Å². The smallest absolute Gasteiger partial charge is 0.255 e. The van der Waals surface area contributed by atoms with Gasteiger partial charge >= 0.3 is 0 Å². The van der Waals surface area contributed by atoms with E-state index in [1.807, 2.05) is 37.4 Å². The first kappa shape index (κ1) is 21.5. The van der Waals surface area contributed by atoms with Crippen LogP contribution in [0.4, 0.5) is 0 Å². The van der Waals surface area contributed by atoms with Crippen molar-refractivity contribution >= 4 is 5.91 Å². The molecule has 1 N–H and O–H groups in total. The lowest BCUT2D eigenvalue weighted by atomic mass is 9.90. The van der Waals surface area contributed by atoms with E-state index in [1.165, 1.54) is 5.56 Å². The van der Waals surface area contributed by atoms with E-state index in [9.17, 15) is 4.79 Å². The summed E-state index contributed by atoms with van der Waals surface area (Å²) >= 11 is 0. The summed E-state index contributed by atoms with van der Waals surface area (Å²) in [6, 6.07) is 11.9. The highest BCUT2D eigenvalue weighted by molar-refractivity contribution is 5.95. The van der Waals surface area contributed by atoms with Crippen LogP contribution in [0.3, 0.4) is 0 Å². The molecule has 3 aromatic heterocycles. The van der Waals surface area contributed by atoms with E-state index >= 15 is 0 Å². The van der Waals surface area contributed by atoms with Gasteiger partial charge in [-0.05, 0) is 74.1 Å².